The van der Waals surface area contributed by atoms with Crippen molar-refractivity contribution in [2.75, 3.05) is 14.2 Å². The van der Waals surface area contributed by atoms with Crippen LogP contribution in [0, 0.1) is 0 Å². The van der Waals surface area contributed by atoms with E-state index in [-0.39, 0.29) is 6.01 Å². The normalized spacial score (nSPS) is 11.0. The summed E-state index contributed by atoms with van der Waals surface area (Å²) in [5.41, 5.74) is 1.07. The predicted molar refractivity (Wildman–Crippen MR) is 106 cm³/mol. The minimum atomic E-state index is -0.465. The number of hydrogen-bond acceptors (Lipinski definition) is 7. The van der Waals surface area contributed by atoms with Crippen LogP contribution in [0.1, 0.15) is 5.56 Å². The number of nitrogens with zero attached hydrogens (tertiary/aromatic N) is 2. The van der Waals surface area contributed by atoms with Crippen LogP contribution in [0.5, 0.6) is 11.8 Å². The molecule has 0 aliphatic rings. The molecule has 0 aliphatic heterocycles. The summed E-state index contributed by atoms with van der Waals surface area (Å²) >= 11 is 1.50. The Morgan fingerprint density at radius 2 is 1.79 bits per heavy atom. The third-order valence-corrected chi connectivity index (χ3v) is 4.67. The van der Waals surface area contributed by atoms with Crippen molar-refractivity contribution in [1.29, 1.82) is 0 Å². The van der Waals surface area contributed by atoms with Crippen molar-refractivity contribution in [3.05, 3.63) is 78.8 Å². The average molecular weight is 394 g/mol. The first kappa shape index (κ1) is 19.4. The van der Waals surface area contributed by atoms with Crippen LogP contribution in [-0.2, 0) is 14.3 Å². The van der Waals surface area contributed by atoms with E-state index in [1.165, 1.54) is 32.2 Å². The molecule has 142 valence electrons. The van der Waals surface area contributed by atoms with Crippen LogP contribution in [0.25, 0.3) is 5.57 Å². The van der Waals surface area contributed by atoms with Crippen LogP contribution >= 0.6 is 11.8 Å². The molecule has 0 saturated carbocycles. The number of carbonyl (C=O) groups is 1. The predicted octanol–water partition coefficient (Wildman–Crippen LogP) is 4.58. The molecule has 0 aliphatic carbocycles. The van der Waals surface area contributed by atoms with Crippen LogP contribution < -0.4 is 4.74 Å². The van der Waals surface area contributed by atoms with Gasteiger partial charge < -0.3 is 14.2 Å². The van der Waals surface area contributed by atoms with Crippen molar-refractivity contribution in [3.8, 4) is 11.8 Å². The first-order valence-electron chi connectivity index (χ1n) is 8.34. The molecule has 0 radical (unpaired) electrons. The van der Waals surface area contributed by atoms with Gasteiger partial charge in [0, 0.05) is 27.7 Å². The summed E-state index contributed by atoms with van der Waals surface area (Å²) in [6, 6.07) is 17.1. The van der Waals surface area contributed by atoms with Gasteiger partial charge in [-0.05, 0) is 30.3 Å². The van der Waals surface area contributed by atoms with Gasteiger partial charge in [-0.1, -0.05) is 36.0 Å². The number of aromatic nitrogens is 2. The second-order valence-electron chi connectivity index (χ2n) is 5.47. The SMILES string of the molecule is CO/C=C(/C(=O)OC)c1ccccc1Sc1cccc(Oc2ncccn2)c1. The molecule has 1 heterocycles. The van der Waals surface area contributed by atoms with Gasteiger partial charge in [0.2, 0.25) is 0 Å². The highest BCUT2D eigenvalue weighted by atomic mass is 32.2. The zero-order valence-corrected chi connectivity index (χ0v) is 16.2. The third kappa shape index (κ3) is 4.89. The molecule has 3 aromatic rings. The number of hydrogen-bond donors (Lipinski definition) is 0. The van der Waals surface area contributed by atoms with E-state index in [0.29, 0.717) is 11.3 Å². The summed E-state index contributed by atoms with van der Waals surface area (Å²) in [6.07, 6.45) is 4.62. The first-order valence-corrected chi connectivity index (χ1v) is 9.16. The number of ether oxygens (including phenoxy) is 3. The van der Waals surface area contributed by atoms with Gasteiger partial charge in [0.15, 0.2) is 0 Å². The summed E-state index contributed by atoms with van der Waals surface area (Å²) in [5, 5.41) is 0. The van der Waals surface area contributed by atoms with Crippen LogP contribution in [0.15, 0.2) is 83.0 Å². The summed E-state index contributed by atoms with van der Waals surface area (Å²) in [7, 11) is 2.83. The topological polar surface area (TPSA) is 70.5 Å². The number of rotatable bonds is 7. The lowest BCUT2D eigenvalue weighted by molar-refractivity contribution is -0.133. The van der Waals surface area contributed by atoms with Gasteiger partial charge >= 0.3 is 12.0 Å². The number of benzene rings is 2. The maximum absolute atomic E-state index is 12.2. The Morgan fingerprint density at radius 3 is 2.54 bits per heavy atom. The van der Waals surface area contributed by atoms with Gasteiger partial charge in [0.1, 0.15) is 11.3 Å². The minimum absolute atomic E-state index is 0.279. The molecule has 6 nitrogen and oxygen atoms in total. The van der Waals surface area contributed by atoms with Crippen molar-refractivity contribution < 1.29 is 19.0 Å². The summed E-state index contributed by atoms with van der Waals surface area (Å²) in [5.74, 6) is 0.155. The Labute approximate surface area is 167 Å². The fraction of sp³-hybridized carbons (Fsp3) is 0.0952. The number of methoxy groups -OCH3 is 2. The lowest BCUT2D eigenvalue weighted by Gasteiger charge is -2.12. The Balaban J connectivity index is 1.87. The van der Waals surface area contributed by atoms with Crippen molar-refractivity contribution >= 4 is 23.3 Å². The van der Waals surface area contributed by atoms with E-state index >= 15 is 0 Å². The third-order valence-electron chi connectivity index (χ3n) is 3.60. The highest BCUT2D eigenvalue weighted by Crippen LogP contribution is 2.36. The van der Waals surface area contributed by atoms with Gasteiger partial charge in [0.25, 0.3) is 0 Å². The fourth-order valence-electron chi connectivity index (χ4n) is 2.40. The highest BCUT2D eigenvalue weighted by molar-refractivity contribution is 7.99. The summed E-state index contributed by atoms with van der Waals surface area (Å²) in [6.45, 7) is 0. The molecule has 3 rings (SSSR count). The summed E-state index contributed by atoms with van der Waals surface area (Å²) < 4.78 is 15.6. The summed E-state index contributed by atoms with van der Waals surface area (Å²) in [4.78, 5) is 22.1. The lowest BCUT2D eigenvalue weighted by Crippen LogP contribution is -2.05. The largest absolute Gasteiger partial charge is 0.503 e. The molecule has 2 aromatic carbocycles. The van der Waals surface area contributed by atoms with E-state index in [4.69, 9.17) is 14.2 Å². The Hall–Kier alpha value is -3.32. The van der Waals surface area contributed by atoms with Crippen LogP contribution in [0.3, 0.4) is 0 Å². The van der Waals surface area contributed by atoms with E-state index in [0.717, 1.165) is 15.4 Å². The molecule has 1 aromatic heterocycles. The first-order chi connectivity index (χ1) is 13.7. The molecule has 0 unspecified atom stereocenters. The zero-order chi connectivity index (χ0) is 19.8. The number of esters is 1. The smallest absolute Gasteiger partial charge is 0.341 e. The molecule has 0 atom stereocenters. The van der Waals surface area contributed by atoms with Gasteiger partial charge in [-0.2, -0.15) is 0 Å². The van der Waals surface area contributed by atoms with Crippen molar-refractivity contribution in [1.82, 2.24) is 9.97 Å². The molecular weight excluding hydrogens is 376 g/mol. The maximum atomic E-state index is 12.2. The second kappa shape index (κ2) is 9.57. The quantitative estimate of drug-likeness (QED) is 0.330. The molecule has 0 bridgehead atoms. The fourth-order valence-corrected chi connectivity index (χ4v) is 3.41. The van der Waals surface area contributed by atoms with Gasteiger partial charge in [-0.3, -0.25) is 0 Å². The van der Waals surface area contributed by atoms with Gasteiger partial charge in [-0.15, -0.1) is 0 Å². The molecule has 0 amide bonds. The maximum Gasteiger partial charge on any atom is 0.341 e. The molecular formula is C21H18N2O4S. The van der Waals surface area contributed by atoms with E-state index in [1.54, 1.807) is 18.5 Å². The van der Waals surface area contributed by atoms with Crippen molar-refractivity contribution in [2.45, 2.75) is 9.79 Å². The van der Waals surface area contributed by atoms with E-state index in [9.17, 15) is 4.79 Å². The van der Waals surface area contributed by atoms with E-state index in [1.807, 2.05) is 48.5 Å². The van der Waals surface area contributed by atoms with Crippen molar-refractivity contribution in [2.24, 2.45) is 0 Å². The molecule has 0 spiro atoms. The number of carbonyl (C=O) groups excluding carboxylic acids is 1. The molecule has 0 saturated heterocycles. The zero-order valence-electron chi connectivity index (χ0n) is 15.4. The van der Waals surface area contributed by atoms with Gasteiger partial charge in [0.05, 0.1) is 20.5 Å². The Morgan fingerprint density at radius 1 is 1.00 bits per heavy atom. The van der Waals surface area contributed by atoms with E-state index < -0.39 is 5.97 Å². The van der Waals surface area contributed by atoms with Crippen LogP contribution in [-0.4, -0.2) is 30.2 Å². The standard InChI is InChI=1S/C21H18N2O4S/c1-25-14-18(20(24)26-2)17-9-3-4-10-19(17)28-16-8-5-7-15(13-16)27-21-22-11-6-12-23-21/h3-14H,1-2H3/b18-14+. The average Bonchev–Trinajstić information content (AvgIpc) is 2.73. The monoisotopic (exact) mass is 394 g/mol. The van der Waals surface area contributed by atoms with E-state index in [2.05, 4.69) is 9.97 Å². The van der Waals surface area contributed by atoms with Crippen LogP contribution in [0.4, 0.5) is 0 Å². The molecule has 0 N–H and O–H groups in total. The van der Waals surface area contributed by atoms with Gasteiger partial charge in [-0.25, -0.2) is 14.8 Å². The molecule has 7 heteroatoms. The Bertz CT molecular complexity index is 977. The Kier molecular flexibility index (Phi) is 6.64. The van der Waals surface area contributed by atoms with Crippen molar-refractivity contribution in [3.63, 3.8) is 0 Å². The molecule has 0 fully saturated rings. The lowest BCUT2D eigenvalue weighted by atomic mass is 10.1. The van der Waals surface area contributed by atoms with Crippen LogP contribution in [0.2, 0.25) is 0 Å². The molecule has 28 heavy (non-hydrogen) atoms. The second-order valence-corrected chi connectivity index (χ2v) is 6.58. The minimum Gasteiger partial charge on any atom is -0.503 e. The highest BCUT2D eigenvalue weighted by Gasteiger charge is 2.17.